The van der Waals surface area contributed by atoms with Gasteiger partial charge in [0.15, 0.2) is 0 Å². The van der Waals surface area contributed by atoms with Crippen LogP contribution < -0.4 is 15.8 Å². The quantitative estimate of drug-likeness (QED) is 0.807. The van der Waals surface area contributed by atoms with E-state index >= 15 is 0 Å². The molecule has 0 radical (unpaired) electrons. The van der Waals surface area contributed by atoms with Crippen LogP contribution in [-0.4, -0.2) is 18.4 Å². The number of nitrogens with one attached hydrogen (secondary N) is 1. The number of rotatable bonds is 6. The van der Waals surface area contributed by atoms with E-state index < -0.39 is 5.91 Å². The maximum Gasteiger partial charge on any atom is 0.259 e. The van der Waals surface area contributed by atoms with Crippen molar-refractivity contribution in [1.82, 2.24) is 0 Å². The predicted octanol–water partition coefficient (Wildman–Crippen LogP) is 3.59. The van der Waals surface area contributed by atoms with Crippen molar-refractivity contribution >= 4 is 33.4 Å². The highest BCUT2D eigenvalue weighted by molar-refractivity contribution is 9.10. The Morgan fingerprint density at radius 3 is 2.48 bits per heavy atom. The molecule has 0 heterocycles. The third kappa shape index (κ3) is 4.56. The Morgan fingerprint density at radius 1 is 1.17 bits per heavy atom. The lowest BCUT2D eigenvalue weighted by Gasteiger charge is -2.12. The molecule has 0 saturated carbocycles. The van der Waals surface area contributed by atoms with Crippen molar-refractivity contribution in [3.8, 4) is 5.75 Å². The lowest BCUT2D eigenvalue weighted by molar-refractivity contribution is 0.0997. The maximum atomic E-state index is 12.5. The first-order valence-corrected chi connectivity index (χ1v) is 7.94. The van der Waals surface area contributed by atoms with E-state index in [1.54, 1.807) is 36.4 Å². The first kappa shape index (κ1) is 17.0. The van der Waals surface area contributed by atoms with Gasteiger partial charge in [-0.15, -0.1) is 0 Å². The fraction of sp³-hybridized carbons (Fsp3) is 0.176. The molecule has 0 aliphatic carbocycles. The average molecular weight is 377 g/mol. The Bertz CT molecular complexity index is 714. The van der Waals surface area contributed by atoms with Crippen LogP contribution in [0.15, 0.2) is 46.9 Å². The van der Waals surface area contributed by atoms with Gasteiger partial charge < -0.3 is 15.8 Å². The van der Waals surface area contributed by atoms with Crippen molar-refractivity contribution in [2.45, 2.75) is 13.3 Å². The van der Waals surface area contributed by atoms with Gasteiger partial charge in [0.05, 0.1) is 12.2 Å². The summed E-state index contributed by atoms with van der Waals surface area (Å²) in [4.78, 5) is 23.5. The van der Waals surface area contributed by atoms with Crippen LogP contribution in [0.25, 0.3) is 0 Å². The van der Waals surface area contributed by atoms with Gasteiger partial charge in [-0.05, 0) is 48.9 Å². The number of benzene rings is 2. The molecule has 0 unspecified atom stereocenters. The number of carbonyl (C=O) groups excluding carboxylic acids is 2. The van der Waals surface area contributed by atoms with Gasteiger partial charge in [0.25, 0.3) is 5.91 Å². The van der Waals surface area contributed by atoms with Crippen LogP contribution in [0.2, 0.25) is 0 Å². The molecular formula is C17H17BrN2O3. The second-order valence-corrected chi connectivity index (χ2v) is 5.80. The van der Waals surface area contributed by atoms with Gasteiger partial charge in [-0.3, -0.25) is 9.59 Å². The van der Waals surface area contributed by atoms with Crippen LogP contribution in [-0.2, 0) is 0 Å². The first-order valence-electron chi connectivity index (χ1n) is 7.15. The number of amides is 2. The Hall–Kier alpha value is -2.34. The highest BCUT2D eigenvalue weighted by Crippen LogP contribution is 2.24. The SMILES string of the molecule is CCCOc1ccc(Br)cc1C(=O)Nc1ccc(C(N)=O)cc1. The van der Waals surface area contributed by atoms with E-state index in [0.29, 0.717) is 29.2 Å². The molecule has 6 heteroatoms. The van der Waals surface area contributed by atoms with Crippen LogP contribution in [0.5, 0.6) is 5.75 Å². The summed E-state index contributed by atoms with van der Waals surface area (Å²) in [5, 5.41) is 2.78. The number of anilines is 1. The Balaban J connectivity index is 2.19. The van der Waals surface area contributed by atoms with Crippen LogP contribution in [0.3, 0.4) is 0 Å². The van der Waals surface area contributed by atoms with E-state index in [1.807, 2.05) is 13.0 Å². The van der Waals surface area contributed by atoms with Crippen LogP contribution >= 0.6 is 15.9 Å². The normalized spacial score (nSPS) is 10.2. The van der Waals surface area contributed by atoms with Crippen molar-refractivity contribution in [3.05, 3.63) is 58.1 Å². The second-order valence-electron chi connectivity index (χ2n) is 4.88. The molecule has 0 aliphatic heterocycles. The number of ether oxygens (including phenoxy) is 1. The first-order chi connectivity index (χ1) is 11.0. The van der Waals surface area contributed by atoms with Gasteiger partial charge in [0.2, 0.25) is 5.91 Å². The van der Waals surface area contributed by atoms with Gasteiger partial charge >= 0.3 is 0 Å². The number of primary amides is 1. The van der Waals surface area contributed by atoms with E-state index in [-0.39, 0.29) is 5.91 Å². The summed E-state index contributed by atoms with van der Waals surface area (Å²) >= 11 is 3.36. The lowest BCUT2D eigenvalue weighted by atomic mass is 10.1. The lowest BCUT2D eigenvalue weighted by Crippen LogP contribution is -2.15. The number of hydrogen-bond acceptors (Lipinski definition) is 3. The topological polar surface area (TPSA) is 81.4 Å². The average Bonchev–Trinajstić information content (AvgIpc) is 2.54. The molecule has 0 fully saturated rings. The minimum Gasteiger partial charge on any atom is -0.493 e. The number of nitrogens with two attached hydrogens (primary N) is 1. The zero-order valence-electron chi connectivity index (χ0n) is 12.6. The largest absolute Gasteiger partial charge is 0.493 e. The van der Waals surface area contributed by atoms with Gasteiger partial charge in [-0.2, -0.15) is 0 Å². The van der Waals surface area contributed by atoms with Crippen molar-refractivity contribution in [3.63, 3.8) is 0 Å². The molecule has 0 atom stereocenters. The third-order valence-electron chi connectivity index (χ3n) is 3.08. The molecule has 0 spiro atoms. The second kappa shape index (κ2) is 7.78. The molecule has 0 saturated heterocycles. The zero-order chi connectivity index (χ0) is 16.8. The highest BCUT2D eigenvalue weighted by Gasteiger charge is 2.14. The van der Waals surface area contributed by atoms with E-state index in [4.69, 9.17) is 10.5 Å². The van der Waals surface area contributed by atoms with Gasteiger partial charge in [0.1, 0.15) is 5.75 Å². The smallest absolute Gasteiger partial charge is 0.259 e. The summed E-state index contributed by atoms with van der Waals surface area (Å²) in [6, 6.07) is 11.7. The van der Waals surface area contributed by atoms with E-state index in [9.17, 15) is 9.59 Å². The molecule has 3 N–H and O–H groups in total. The van der Waals surface area contributed by atoms with E-state index in [0.717, 1.165) is 10.9 Å². The fourth-order valence-electron chi connectivity index (χ4n) is 1.93. The summed E-state index contributed by atoms with van der Waals surface area (Å²) in [5.74, 6) is -0.268. The minimum absolute atomic E-state index is 0.288. The fourth-order valence-corrected chi connectivity index (χ4v) is 2.29. The Kier molecular flexibility index (Phi) is 5.76. The molecule has 5 nitrogen and oxygen atoms in total. The van der Waals surface area contributed by atoms with Gasteiger partial charge in [-0.25, -0.2) is 0 Å². The third-order valence-corrected chi connectivity index (χ3v) is 3.57. The van der Waals surface area contributed by atoms with Crippen molar-refractivity contribution < 1.29 is 14.3 Å². The summed E-state index contributed by atoms with van der Waals surface area (Å²) in [7, 11) is 0. The van der Waals surface area contributed by atoms with E-state index in [1.165, 1.54) is 0 Å². The minimum atomic E-state index is -0.509. The summed E-state index contributed by atoms with van der Waals surface area (Å²) in [6.07, 6.45) is 0.853. The van der Waals surface area contributed by atoms with Gasteiger partial charge in [-0.1, -0.05) is 22.9 Å². The number of hydrogen-bond donors (Lipinski definition) is 2. The van der Waals surface area contributed by atoms with Crippen molar-refractivity contribution in [2.75, 3.05) is 11.9 Å². The molecule has 0 aliphatic rings. The van der Waals surface area contributed by atoms with Crippen LogP contribution in [0.1, 0.15) is 34.1 Å². The van der Waals surface area contributed by atoms with Crippen molar-refractivity contribution in [2.24, 2.45) is 5.73 Å². The zero-order valence-corrected chi connectivity index (χ0v) is 14.2. The molecule has 2 amide bonds. The van der Waals surface area contributed by atoms with Gasteiger partial charge in [0, 0.05) is 15.7 Å². The predicted molar refractivity (Wildman–Crippen MR) is 92.8 cm³/mol. The Labute approximate surface area is 143 Å². The molecule has 0 bridgehead atoms. The Morgan fingerprint density at radius 2 is 1.87 bits per heavy atom. The summed E-state index contributed by atoms with van der Waals surface area (Å²) in [5.41, 5.74) is 6.59. The number of halogens is 1. The van der Waals surface area contributed by atoms with E-state index in [2.05, 4.69) is 21.2 Å². The number of carbonyl (C=O) groups is 2. The molecule has 2 rings (SSSR count). The molecule has 2 aromatic carbocycles. The highest BCUT2D eigenvalue weighted by atomic mass is 79.9. The summed E-state index contributed by atoms with van der Waals surface area (Å²) in [6.45, 7) is 2.54. The molecule has 23 heavy (non-hydrogen) atoms. The molecule has 120 valence electrons. The standard InChI is InChI=1S/C17H17BrN2O3/c1-2-9-23-15-8-5-12(18)10-14(15)17(22)20-13-6-3-11(4-7-13)16(19)21/h3-8,10H,2,9H2,1H3,(H2,19,21)(H,20,22). The van der Waals surface area contributed by atoms with Crippen molar-refractivity contribution in [1.29, 1.82) is 0 Å². The molecular weight excluding hydrogens is 360 g/mol. The van der Waals surface area contributed by atoms with Crippen LogP contribution in [0, 0.1) is 0 Å². The molecule has 2 aromatic rings. The molecule has 0 aromatic heterocycles. The monoisotopic (exact) mass is 376 g/mol. The maximum absolute atomic E-state index is 12.5. The summed E-state index contributed by atoms with van der Waals surface area (Å²) < 4.78 is 6.40. The van der Waals surface area contributed by atoms with Crippen LogP contribution in [0.4, 0.5) is 5.69 Å².